The third-order valence-corrected chi connectivity index (χ3v) is 6.73. The van der Waals surface area contributed by atoms with Crippen molar-refractivity contribution in [3.63, 3.8) is 0 Å². The summed E-state index contributed by atoms with van der Waals surface area (Å²) in [4.78, 5) is 8.04. The van der Waals surface area contributed by atoms with Gasteiger partial charge in [0.15, 0.2) is 10.3 Å². The molecule has 4 aromatic heterocycles. The zero-order chi connectivity index (χ0) is 28.5. The first kappa shape index (κ1) is 29.0. The number of nitrogens with two attached hydrogens (primary N) is 1. The van der Waals surface area contributed by atoms with Gasteiger partial charge in [0.1, 0.15) is 0 Å². The van der Waals surface area contributed by atoms with Crippen LogP contribution < -0.4 is 5.73 Å². The molecule has 0 aliphatic rings. The average molecular weight is 571 g/mol. The number of rotatable bonds is 4. The first-order valence-corrected chi connectivity index (χ1v) is 13.4. The van der Waals surface area contributed by atoms with Crippen molar-refractivity contribution in [2.24, 2.45) is 5.73 Å². The van der Waals surface area contributed by atoms with Crippen LogP contribution in [0.25, 0.3) is 21.5 Å². The Morgan fingerprint density at radius 3 is 1.48 bits per heavy atom. The third-order valence-electron chi connectivity index (χ3n) is 6.18. The van der Waals surface area contributed by atoms with Gasteiger partial charge < -0.3 is 5.73 Å². The normalized spacial score (nSPS) is 10.4. The molecular formula is C31H29Cl2N7. The summed E-state index contributed by atoms with van der Waals surface area (Å²) in [6.07, 6.45) is 8.59. The number of pyridine rings is 2. The van der Waals surface area contributed by atoms with Gasteiger partial charge in [-0.05, 0) is 68.4 Å². The van der Waals surface area contributed by atoms with Gasteiger partial charge in [-0.3, -0.25) is 9.97 Å². The van der Waals surface area contributed by atoms with E-state index in [1.54, 1.807) is 24.8 Å². The highest BCUT2D eigenvalue weighted by Gasteiger charge is 2.10. The zero-order valence-corrected chi connectivity index (χ0v) is 24.0. The minimum absolute atomic E-state index is 0.452. The molecule has 0 saturated carbocycles. The van der Waals surface area contributed by atoms with Crippen molar-refractivity contribution < 1.29 is 0 Å². The summed E-state index contributed by atoms with van der Waals surface area (Å²) in [5.74, 6) is 0. The molecule has 0 radical (unpaired) electrons. The summed E-state index contributed by atoms with van der Waals surface area (Å²) >= 11 is 12.2. The minimum atomic E-state index is 0.452. The number of fused-ring (bicyclic) bond motifs is 2. The first-order chi connectivity index (χ1) is 19.5. The molecule has 0 spiro atoms. The van der Waals surface area contributed by atoms with Gasteiger partial charge in [-0.15, -0.1) is 10.2 Å². The predicted molar refractivity (Wildman–Crippen MR) is 163 cm³/mol. The van der Waals surface area contributed by atoms with Gasteiger partial charge in [0.25, 0.3) is 0 Å². The van der Waals surface area contributed by atoms with Gasteiger partial charge in [-0.2, -0.15) is 10.2 Å². The molecular weight excluding hydrogens is 541 g/mol. The van der Waals surface area contributed by atoms with Crippen molar-refractivity contribution in [2.75, 3.05) is 7.05 Å². The Balaban J connectivity index is 0.000000174. The van der Waals surface area contributed by atoms with Crippen molar-refractivity contribution in [1.82, 2.24) is 30.4 Å². The maximum atomic E-state index is 6.12. The van der Waals surface area contributed by atoms with E-state index in [4.69, 9.17) is 23.2 Å². The molecule has 0 bridgehead atoms. The van der Waals surface area contributed by atoms with Crippen molar-refractivity contribution >= 4 is 44.7 Å². The van der Waals surface area contributed by atoms with Crippen LogP contribution in [0.5, 0.6) is 0 Å². The van der Waals surface area contributed by atoms with Crippen LogP contribution in [-0.2, 0) is 12.8 Å². The van der Waals surface area contributed by atoms with E-state index in [2.05, 4.69) is 61.2 Å². The monoisotopic (exact) mass is 569 g/mol. The molecule has 0 atom stereocenters. The molecule has 202 valence electrons. The molecule has 0 fully saturated rings. The van der Waals surface area contributed by atoms with Crippen molar-refractivity contribution in [1.29, 1.82) is 0 Å². The Kier molecular flexibility index (Phi) is 10.0. The van der Waals surface area contributed by atoms with Crippen molar-refractivity contribution in [2.45, 2.75) is 26.7 Å². The summed E-state index contributed by atoms with van der Waals surface area (Å²) in [6.45, 7) is 4.10. The van der Waals surface area contributed by atoms with Crippen molar-refractivity contribution in [3.05, 3.63) is 129 Å². The second-order valence-electron chi connectivity index (χ2n) is 9.04. The number of halogens is 2. The van der Waals surface area contributed by atoms with Gasteiger partial charge in [-0.1, -0.05) is 58.6 Å². The molecule has 2 N–H and O–H groups in total. The molecule has 7 nitrogen and oxygen atoms in total. The van der Waals surface area contributed by atoms with E-state index in [1.165, 1.54) is 12.6 Å². The third kappa shape index (κ3) is 7.12. The van der Waals surface area contributed by atoms with E-state index in [0.29, 0.717) is 10.3 Å². The standard InChI is InChI=1S/2C15H12ClN3.CH5N/c1-10-2-3-12-13(8-10)14(18-19-15(12)16)9-11-4-6-17-7-5-11;1-10-2-3-12-13(8-10)15(16)19-18-14(12)9-11-4-6-17-7-5-11;1-2/h2*2-8H,9H2,1H3;2H2,1H3. The SMILES string of the molecule is CN.Cc1ccc2c(Cc3ccncc3)nnc(Cl)c2c1.Cc1ccc2c(Cl)nnc(Cc3ccncc3)c2c1. The number of benzene rings is 2. The van der Waals surface area contributed by atoms with Gasteiger partial charge >= 0.3 is 0 Å². The van der Waals surface area contributed by atoms with Crippen LogP contribution in [0.4, 0.5) is 0 Å². The van der Waals surface area contributed by atoms with Crippen molar-refractivity contribution in [3.8, 4) is 0 Å². The molecule has 6 rings (SSSR count). The molecule has 6 aromatic rings. The van der Waals surface area contributed by atoms with E-state index in [1.807, 2.05) is 49.4 Å². The van der Waals surface area contributed by atoms with Crippen LogP contribution in [0.1, 0.15) is 33.6 Å². The fourth-order valence-corrected chi connectivity index (χ4v) is 4.63. The molecule has 9 heteroatoms. The number of hydrogen-bond acceptors (Lipinski definition) is 7. The lowest BCUT2D eigenvalue weighted by molar-refractivity contribution is 0.956. The number of aryl methyl sites for hydroxylation is 2. The summed E-state index contributed by atoms with van der Waals surface area (Å²) in [7, 11) is 1.50. The quantitative estimate of drug-likeness (QED) is 0.251. The van der Waals surface area contributed by atoms with Crippen LogP contribution in [0.15, 0.2) is 85.5 Å². The molecule has 4 heterocycles. The Morgan fingerprint density at radius 1 is 0.525 bits per heavy atom. The lowest BCUT2D eigenvalue weighted by Gasteiger charge is -2.07. The number of aromatic nitrogens is 6. The molecule has 0 unspecified atom stereocenters. The van der Waals surface area contributed by atoms with E-state index < -0.39 is 0 Å². The lowest BCUT2D eigenvalue weighted by atomic mass is 10.0. The molecule has 0 aliphatic carbocycles. The highest BCUT2D eigenvalue weighted by molar-refractivity contribution is 6.34. The summed E-state index contributed by atoms with van der Waals surface area (Å²) in [5, 5.41) is 21.5. The van der Waals surface area contributed by atoms with Crippen LogP contribution in [0, 0.1) is 13.8 Å². The first-order valence-electron chi connectivity index (χ1n) is 12.7. The fourth-order valence-electron chi connectivity index (χ4n) is 4.23. The van der Waals surface area contributed by atoms with Gasteiger partial charge in [-0.25, -0.2) is 0 Å². The number of nitrogens with zero attached hydrogens (tertiary/aromatic N) is 6. The van der Waals surface area contributed by atoms with Crippen LogP contribution in [0.3, 0.4) is 0 Å². The molecule has 40 heavy (non-hydrogen) atoms. The average Bonchev–Trinajstić information content (AvgIpc) is 2.99. The van der Waals surface area contributed by atoms with Gasteiger partial charge in [0.05, 0.1) is 11.4 Å². The maximum absolute atomic E-state index is 6.12. The summed E-state index contributed by atoms with van der Waals surface area (Å²) in [6, 6.07) is 20.2. The van der Waals surface area contributed by atoms with E-state index in [0.717, 1.165) is 62.5 Å². The van der Waals surface area contributed by atoms with E-state index in [-0.39, 0.29) is 0 Å². The second kappa shape index (κ2) is 13.8. The largest absolute Gasteiger partial charge is 0.333 e. The molecule has 0 amide bonds. The molecule has 0 aliphatic heterocycles. The zero-order valence-electron chi connectivity index (χ0n) is 22.5. The lowest BCUT2D eigenvalue weighted by Crippen LogP contribution is -1.98. The Labute approximate surface area is 243 Å². The Hall–Kier alpha value is -4.04. The Bertz CT molecular complexity index is 1710. The Morgan fingerprint density at radius 2 is 0.950 bits per heavy atom. The summed E-state index contributed by atoms with van der Waals surface area (Å²) < 4.78 is 0. The maximum Gasteiger partial charge on any atom is 0.159 e. The summed E-state index contributed by atoms with van der Waals surface area (Å²) in [5.41, 5.74) is 11.0. The molecule has 2 aromatic carbocycles. The van der Waals surface area contributed by atoms with Crippen LogP contribution in [0.2, 0.25) is 10.3 Å². The van der Waals surface area contributed by atoms with Crippen LogP contribution >= 0.6 is 23.2 Å². The minimum Gasteiger partial charge on any atom is -0.333 e. The smallest absolute Gasteiger partial charge is 0.159 e. The predicted octanol–water partition coefficient (Wildman–Crippen LogP) is 6.73. The second-order valence-corrected chi connectivity index (χ2v) is 9.75. The highest BCUT2D eigenvalue weighted by Crippen LogP contribution is 2.26. The highest BCUT2D eigenvalue weighted by atomic mass is 35.5. The van der Waals surface area contributed by atoms with Gasteiger partial charge in [0.2, 0.25) is 0 Å². The van der Waals surface area contributed by atoms with E-state index >= 15 is 0 Å². The van der Waals surface area contributed by atoms with Gasteiger partial charge in [0, 0.05) is 59.2 Å². The van der Waals surface area contributed by atoms with Crippen LogP contribution in [-0.4, -0.2) is 37.4 Å². The van der Waals surface area contributed by atoms with E-state index in [9.17, 15) is 0 Å². The fraction of sp³-hybridized carbons (Fsp3) is 0.161. The molecule has 0 saturated heterocycles. The number of hydrogen-bond donors (Lipinski definition) is 1. The topological polar surface area (TPSA) is 103 Å².